The molecule has 6 nitrogen and oxygen atoms in total. The molecule has 1 heterocycles. The van der Waals surface area contributed by atoms with Gasteiger partial charge in [0.1, 0.15) is 6.04 Å². The van der Waals surface area contributed by atoms with Crippen LogP contribution in [0.25, 0.3) is 0 Å². The molecule has 1 amide bonds. The van der Waals surface area contributed by atoms with Crippen LogP contribution in [0.2, 0.25) is 5.02 Å². The molecule has 23 heavy (non-hydrogen) atoms. The fraction of sp³-hybridized carbons (Fsp3) is 0.312. The van der Waals surface area contributed by atoms with Crippen molar-refractivity contribution in [2.24, 2.45) is 0 Å². The molecule has 0 aliphatic heterocycles. The number of amides is 1. The first-order valence-electron chi connectivity index (χ1n) is 7.20. The van der Waals surface area contributed by atoms with Crippen molar-refractivity contribution in [3.63, 3.8) is 0 Å². The lowest BCUT2D eigenvalue weighted by Crippen LogP contribution is -2.27. The van der Waals surface area contributed by atoms with Crippen LogP contribution in [0.15, 0.2) is 24.3 Å². The second-order valence-electron chi connectivity index (χ2n) is 5.23. The highest BCUT2D eigenvalue weighted by Crippen LogP contribution is 2.24. The standard InChI is InChI=1S/C16H18ClN3O3/c1-4-13(20-10(3)14(17)9(2)19-20)15(21)18-12-7-5-11(6-8-12)16(22)23/h5-8,13H,4H2,1-3H3,(H,18,21)(H,22,23)/t13-/m0/s1. The van der Waals surface area contributed by atoms with Gasteiger partial charge in [-0.15, -0.1) is 0 Å². The molecule has 0 saturated heterocycles. The van der Waals surface area contributed by atoms with Gasteiger partial charge < -0.3 is 10.4 Å². The third-order valence-electron chi connectivity index (χ3n) is 3.62. The normalized spacial score (nSPS) is 12.0. The van der Waals surface area contributed by atoms with Crippen LogP contribution in [0, 0.1) is 13.8 Å². The number of carboxylic acid groups (broad SMARTS) is 1. The lowest BCUT2D eigenvalue weighted by molar-refractivity contribution is -0.119. The first-order chi connectivity index (χ1) is 10.8. The summed E-state index contributed by atoms with van der Waals surface area (Å²) < 4.78 is 1.62. The van der Waals surface area contributed by atoms with Gasteiger partial charge in [0, 0.05) is 5.69 Å². The van der Waals surface area contributed by atoms with E-state index in [1.807, 2.05) is 13.8 Å². The fourth-order valence-corrected chi connectivity index (χ4v) is 2.46. The monoisotopic (exact) mass is 335 g/mol. The van der Waals surface area contributed by atoms with Gasteiger partial charge in [0.25, 0.3) is 0 Å². The smallest absolute Gasteiger partial charge is 0.335 e. The number of carbonyl (C=O) groups excluding carboxylic acids is 1. The number of benzene rings is 1. The Hall–Kier alpha value is -2.34. The first kappa shape index (κ1) is 17.0. The molecule has 7 heteroatoms. The van der Waals surface area contributed by atoms with Crippen LogP contribution in [0.5, 0.6) is 0 Å². The second kappa shape index (κ2) is 6.83. The molecule has 0 radical (unpaired) electrons. The largest absolute Gasteiger partial charge is 0.478 e. The van der Waals surface area contributed by atoms with Crippen LogP contribution in [-0.2, 0) is 4.79 Å². The van der Waals surface area contributed by atoms with E-state index in [1.54, 1.807) is 23.7 Å². The average Bonchev–Trinajstić information content (AvgIpc) is 2.76. The van der Waals surface area contributed by atoms with Crippen LogP contribution in [0.3, 0.4) is 0 Å². The van der Waals surface area contributed by atoms with Crippen molar-refractivity contribution in [1.29, 1.82) is 0 Å². The molecular weight excluding hydrogens is 318 g/mol. The molecule has 122 valence electrons. The summed E-state index contributed by atoms with van der Waals surface area (Å²) in [6, 6.07) is 5.52. The number of halogens is 1. The number of carboxylic acids is 1. The van der Waals surface area contributed by atoms with E-state index in [0.717, 1.165) is 5.69 Å². The van der Waals surface area contributed by atoms with Crippen molar-refractivity contribution in [2.75, 3.05) is 5.32 Å². The van der Waals surface area contributed by atoms with E-state index in [2.05, 4.69) is 10.4 Å². The number of aryl methyl sites for hydroxylation is 1. The topological polar surface area (TPSA) is 84.2 Å². The van der Waals surface area contributed by atoms with Crippen LogP contribution >= 0.6 is 11.6 Å². The number of carbonyl (C=O) groups is 2. The van der Waals surface area contributed by atoms with Crippen LogP contribution in [0.4, 0.5) is 5.69 Å². The molecule has 0 unspecified atom stereocenters. The molecule has 0 bridgehead atoms. The molecule has 0 aliphatic carbocycles. The summed E-state index contributed by atoms with van der Waals surface area (Å²) in [4.78, 5) is 23.3. The lowest BCUT2D eigenvalue weighted by atomic mass is 10.1. The molecule has 0 fully saturated rings. The van der Waals surface area contributed by atoms with Crippen molar-refractivity contribution in [3.8, 4) is 0 Å². The van der Waals surface area contributed by atoms with E-state index in [0.29, 0.717) is 22.8 Å². The number of anilines is 1. The zero-order chi connectivity index (χ0) is 17.1. The van der Waals surface area contributed by atoms with Gasteiger partial charge in [-0.25, -0.2) is 4.79 Å². The van der Waals surface area contributed by atoms with Crippen molar-refractivity contribution in [3.05, 3.63) is 46.2 Å². The van der Waals surface area contributed by atoms with Crippen LogP contribution < -0.4 is 5.32 Å². The molecular formula is C16H18ClN3O3. The minimum Gasteiger partial charge on any atom is -0.478 e. The summed E-state index contributed by atoms with van der Waals surface area (Å²) in [7, 11) is 0. The molecule has 2 rings (SSSR count). The van der Waals surface area contributed by atoms with Crippen molar-refractivity contribution >= 4 is 29.2 Å². The Balaban J connectivity index is 2.20. The Labute approximate surface area is 139 Å². The molecule has 0 aliphatic rings. The van der Waals surface area contributed by atoms with Gasteiger partial charge in [-0.3, -0.25) is 9.48 Å². The Kier molecular flexibility index (Phi) is 5.05. The fourth-order valence-electron chi connectivity index (χ4n) is 2.34. The predicted octanol–water partition coefficient (Wildman–Crippen LogP) is 3.44. The number of aromatic carboxylic acids is 1. The van der Waals surface area contributed by atoms with Crippen molar-refractivity contribution in [2.45, 2.75) is 33.2 Å². The van der Waals surface area contributed by atoms with Gasteiger partial charge in [-0.1, -0.05) is 18.5 Å². The maximum atomic E-state index is 12.5. The first-order valence-corrected chi connectivity index (χ1v) is 7.58. The van der Waals surface area contributed by atoms with Gasteiger partial charge in [0.15, 0.2) is 0 Å². The maximum Gasteiger partial charge on any atom is 0.335 e. The zero-order valence-corrected chi connectivity index (χ0v) is 13.9. The minimum atomic E-state index is -1.01. The summed E-state index contributed by atoms with van der Waals surface area (Å²) >= 11 is 6.14. The Morgan fingerprint density at radius 3 is 2.35 bits per heavy atom. The van der Waals surface area contributed by atoms with Crippen molar-refractivity contribution < 1.29 is 14.7 Å². The number of nitrogens with zero attached hydrogens (tertiary/aromatic N) is 2. The molecule has 1 atom stereocenters. The summed E-state index contributed by atoms with van der Waals surface area (Å²) in [5.41, 5.74) is 2.13. The number of hydrogen-bond donors (Lipinski definition) is 2. The Morgan fingerprint density at radius 2 is 1.91 bits per heavy atom. The molecule has 0 saturated carbocycles. The van der Waals surface area contributed by atoms with Gasteiger partial charge in [0.2, 0.25) is 5.91 Å². The number of rotatable bonds is 5. The van der Waals surface area contributed by atoms with Crippen molar-refractivity contribution in [1.82, 2.24) is 9.78 Å². The van der Waals surface area contributed by atoms with E-state index >= 15 is 0 Å². The molecule has 1 aromatic heterocycles. The van der Waals surface area contributed by atoms with Gasteiger partial charge in [-0.2, -0.15) is 5.10 Å². The van der Waals surface area contributed by atoms with Crippen LogP contribution in [0.1, 0.15) is 41.1 Å². The summed E-state index contributed by atoms with van der Waals surface area (Å²) in [5.74, 6) is -1.23. The third kappa shape index (κ3) is 3.53. The summed E-state index contributed by atoms with van der Waals surface area (Å²) in [6.45, 7) is 5.50. The van der Waals surface area contributed by atoms with E-state index < -0.39 is 12.0 Å². The SMILES string of the molecule is CC[C@@H](C(=O)Nc1ccc(C(=O)O)cc1)n1nc(C)c(Cl)c1C. The number of hydrogen-bond acceptors (Lipinski definition) is 3. The zero-order valence-electron chi connectivity index (χ0n) is 13.1. The van der Waals surface area contributed by atoms with Crippen LogP contribution in [-0.4, -0.2) is 26.8 Å². The quantitative estimate of drug-likeness (QED) is 0.876. The summed E-state index contributed by atoms with van der Waals surface area (Å²) in [5, 5.41) is 16.5. The van der Waals surface area contributed by atoms with Gasteiger partial charge in [0.05, 0.1) is 22.0 Å². The molecule has 2 N–H and O–H groups in total. The number of nitrogens with one attached hydrogen (secondary N) is 1. The highest BCUT2D eigenvalue weighted by molar-refractivity contribution is 6.31. The summed E-state index contributed by atoms with van der Waals surface area (Å²) in [6.07, 6.45) is 0.553. The van der Waals surface area contributed by atoms with Gasteiger partial charge in [-0.05, 0) is 44.5 Å². The predicted molar refractivity (Wildman–Crippen MR) is 88.1 cm³/mol. The van der Waals surface area contributed by atoms with Gasteiger partial charge >= 0.3 is 5.97 Å². The molecule has 2 aromatic rings. The Morgan fingerprint density at radius 1 is 1.30 bits per heavy atom. The molecule has 1 aromatic carbocycles. The lowest BCUT2D eigenvalue weighted by Gasteiger charge is -2.17. The van der Waals surface area contributed by atoms with E-state index in [4.69, 9.17) is 16.7 Å². The molecule has 0 spiro atoms. The Bertz CT molecular complexity index is 738. The highest BCUT2D eigenvalue weighted by Gasteiger charge is 2.23. The van der Waals surface area contributed by atoms with E-state index in [9.17, 15) is 9.59 Å². The number of aromatic nitrogens is 2. The van der Waals surface area contributed by atoms with E-state index in [1.165, 1.54) is 12.1 Å². The second-order valence-corrected chi connectivity index (χ2v) is 5.60. The maximum absolute atomic E-state index is 12.5. The minimum absolute atomic E-state index is 0.167. The third-order valence-corrected chi connectivity index (χ3v) is 4.17. The average molecular weight is 336 g/mol. The van der Waals surface area contributed by atoms with E-state index in [-0.39, 0.29) is 11.5 Å². The highest BCUT2D eigenvalue weighted by atomic mass is 35.5.